The van der Waals surface area contributed by atoms with Crippen LogP contribution in [0.2, 0.25) is 0 Å². The number of nitrogens with zero attached hydrogens (tertiary/aromatic N) is 2. The van der Waals surface area contributed by atoms with Gasteiger partial charge in [-0.3, -0.25) is 9.52 Å². The Bertz CT molecular complexity index is 751. The molecule has 0 atom stereocenters. The van der Waals surface area contributed by atoms with E-state index in [-0.39, 0.29) is 10.8 Å². The minimum atomic E-state index is -3.67. The number of carbonyl (C=O) groups is 1. The van der Waals surface area contributed by atoms with Crippen LogP contribution in [0, 0.1) is 6.92 Å². The average Bonchev–Trinajstić information content (AvgIpc) is 2.82. The monoisotopic (exact) mass is 325 g/mol. The van der Waals surface area contributed by atoms with Gasteiger partial charge in [-0.25, -0.2) is 13.4 Å². The van der Waals surface area contributed by atoms with Gasteiger partial charge in [0.1, 0.15) is 0 Å². The second kappa shape index (κ2) is 5.82. The number of carbonyl (C=O) groups excluding carboxylic acids is 1. The van der Waals surface area contributed by atoms with Gasteiger partial charge in [0.2, 0.25) is 5.91 Å². The second-order valence-corrected chi connectivity index (χ2v) is 7.01. The van der Waals surface area contributed by atoms with E-state index in [2.05, 4.69) is 9.71 Å². The fourth-order valence-corrected chi connectivity index (χ4v) is 3.55. The number of thiazole rings is 1. The summed E-state index contributed by atoms with van der Waals surface area (Å²) in [4.78, 5) is 16.9. The molecular formula is C13H15N3O3S2. The zero-order valence-corrected chi connectivity index (χ0v) is 13.5. The molecule has 0 unspecified atom stereocenters. The molecule has 0 spiro atoms. The normalized spacial score (nSPS) is 11.2. The number of anilines is 2. The van der Waals surface area contributed by atoms with Crippen molar-refractivity contribution in [2.75, 3.05) is 16.7 Å². The maximum absolute atomic E-state index is 12.2. The molecule has 2 aromatic rings. The first-order valence-corrected chi connectivity index (χ1v) is 8.45. The van der Waals surface area contributed by atoms with Crippen molar-refractivity contribution in [2.45, 2.75) is 18.7 Å². The average molecular weight is 325 g/mol. The van der Waals surface area contributed by atoms with Crippen LogP contribution in [0.15, 0.2) is 34.5 Å². The molecule has 1 aromatic carbocycles. The maximum Gasteiger partial charge on any atom is 0.263 e. The quantitative estimate of drug-likeness (QED) is 0.935. The van der Waals surface area contributed by atoms with E-state index in [4.69, 9.17) is 0 Å². The molecule has 6 nitrogen and oxygen atoms in total. The smallest absolute Gasteiger partial charge is 0.263 e. The van der Waals surface area contributed by atoms with Crippen molar-refractivity contribution < 1.29 is 13.2 Å². The zero-order valence-electron chi connectivity index (χ0n) is 11.8. The highest BCUT2D eigenvalue weighted by atomic mass is 32.2. The third-order valence-electron chi connectivity index (χ3n) is 2.85. The van der Waals surface area contributed by atoms with E-state index in [0.29, 0.717) is 10.8 Å². The Hall–Kier alpha value is -1.93. The van der Waals surface area contributed by atoms with Gasteiger partial charge in [0.25, 0.3) is 10.0 Å². The SMILES string of the molecule is CC(=O)N(C)c1ccc(S(=O)(=O)Nc2nc(C)cs2)cc1. The summed E-state index contributed by atoms with van der Waals surface area (Å²) in [7, 11) is -2.04. The molecule has 0 saturated heterocycles. The van der Waals surface area contributed by atoms with Gasteiger partial charge >= 0.3 is 0 Å². The number of hydrogen-bond acceptors (Lipinski definition) is 5. The lowest BCUT2D eigenvalue weighted by Gasteiger charge is -2.15. The molecule has 1 amide bonds. The Labute approximate surface area is 127 Å². The van der Waals surface area contributed by atoms with Crippen molar-refractivity contribution in [3.05, 3.63) is 35.3 Å². The second-order valence-electron chi connectivity index (χ2n) is 4.47. The van der Waals surface area contributed by atoms with E-state index >= 15 is 0 Å². The standard InChI is InChI=1S/C13H15N3O3S2/c1-9-8-20-13(14-9)15-21(18,19)12-6-4-11(5-7-12)16(3)10(2)17/h4-8H,1-3H3,(H,14,15). The molecule has 0 aliphatic rings. The van der Waals surface area contributed by atoms with Gasteiger partial charge in [-0.15, -0.1) is 11.3 Å². The van der Waals surface area contributed by atoms with Crippen molar-refractivity contribution in [3.8, 4) is 0 Å². The summed E-state index contributed by atoms with van der Waals surface area (Å²) in [6.07, 6.45) is 0. The van der Waals surface area contributed by atoms with Crippen LogP contribution in [-0.2, 0) is 14.8 Å². The van der Waals surface area contributed by atoms with E-state index in [0.717, 1.165) is 5.69 Å². The topological polar surface area (TPSA) is 79.4 Å². The number of rotatable bonds is 4. The van der Waals surface area contributed by atoms with Crippen LogP contribution in [0.1, 0.15) is 12.6 Å². The number of aromatic nitrogens is 1. The van der Waals surface area contributed by atoms with Gasteiger partial charge in [0, 0.05) is 25.0 Å². The van der Waals surface area contributed by atoms with Crippen LogP contribution >= 0.6 is 11.3 Å². The molecule has 8 heteroatoms. The first-order chi connectivity index (χ1) is 9.79. The molecule has 1 aromatic heterocycles. The lowest BCUT2D eigenvalue weighted by Crippen LogP contribution is -2.22. The van der Waals surface area contributed by atoms with E-state index in [1.165, 1.54) is 35.3 Å². The Kier molecular flexibility index (Phi) is 4.29. The van der Waals surface area contributed by atoms with E-state index in [9.17, 15) is 13.2 Å². The molecule has 0 radical (unpaired) electrons. The summed E-state index contributed by atoms with van der Waals surface area (Å²) in [6.45, 7) is 3.23. The Morgan fingerprint density at radius 3 is 2.38 bits per heavy atom. The van der Waals surface area contributed by atoms with Crippen molar-refractivity contribution in [1.29, 1.82) is 0 Å². The predicted octanol–water partition coefficient (Wildman–Crippen LogP) is 2.24. The number of aryl methyl sites for hydroxylation is 1. The van der Waals surface area contributed by atoms with Gasteiger partial charge < -0.3 is 4.90 Å². The molecule has 112 valence electrons. The van der Waals surface area contributed by atoms with Gasteiger partial charge in [-0.05, 0) is 31.2 Å². The lowest BCUT2D eigenvalue weighted by molar-refractivity contribution is -0.116. The summed E-state index contributed by atoms with van der Waals surface area (Å²) >= 11 is 1.23. The highest BCUT2D eigenvalue weighted by molar-refractivity contribution is 7.93. The third-order valence-corrected chi connectivity index (χ3v) is 5.21. The lowest BCUT2D eigenvalue weighted by atomic mass is 10.3. The summed E-state index contributed by atoms with van der Waals surface area (Å²) in [6, 6.07) is 6.08. The maximum atomic E-state index is 12.2. The largest absolute Gasteiger partial charge is 0.316 e. The van der Waals surface area contributed by atoms with Crippen LogP contribution in [0.25, 0.3) is 0 Å². The Balaban J connectivity index is 2.23. The van der Waals surface area contributed by atoms with Crippen molar-refractivity contribution in [2.24, 2.45) is 0 Å². The van der Waals surface area contributed by atoms with Crippen LogP contribution < -0.4 is 9.62 Å². The van der Waals surface area contributed by atoms with E-state index in [1.807, 2.05) is 0 Å². The molecule has 0 saturated carbocycles. The van der Waals surface area contributed by atoms with Crippen molar-refractivity contribution in [1.82, 2.24) is 4.98 Å². The molecule has 21 heavy (non-hydrogen) atoms. The minimum Gasteiger partial charge on any atom is -0.316 e. The Morgan fingerprint density at radius 2 is 1.90 bits per heavy atom. The molecule has 0 aliphatic heterocycles. The number of benzene rings is 1. The van der Waals surface area contributed by atoms with Crippen molar-refractivity contribution >= 4 is 38.1 Å². The van der Waals surface area contributed by atoms with Crippen LogP contribution in [0.5, 0.6) is 0 Å². The van der Waals surface area contributed by atoms with Crippen LogP contribution in [0.4, 0.5) is 10.8 Å². The first-order valence-electron chi connectivity index (χ1n) is 6.09. The minimum absolute atomic E-state index is 0.121. The molecule has 1 N–H and O–H groups in total. The van der Waals surface area contributed by atoms with Crippen LogP contribution in [-0.4, -0.2) is 26.4 Å². The highest BCUT2D eigenvalue weighted by Gasteiger charge is 2.16. The van der Waals surface area contributed by atoms with Crippen LogP contribution in [0.3, 0.4) is 0 Å². The van der Waals surface area contributed by atoms with Gasteiger partial charge in [-0.2, -0.15) is 0 Å². The molecule has 1 heterocycles. The number of amides is 1. The van der Waals surface area contributed by atoms with Gasteiger partial charge in [-0.1, -0.05) is 0 Å². The van der Waals surface area contributed by atoms with E-state index < -0.39 is 10.0 Å². The predicted molar refractivity (Wildman–Crippen MR) is 83.2 cm³/mol. The summed E-state index contributed by atoms with van der Waals surface area (Å²) in [5.74, 6) is -0.123. The molecule has 0 fully saturated rings. The van der Waals surface area contributed by atoms with Gasteiger partial charge in [0.15, 0.2) is 5.13 Å². The number of hydrogen-bond donors (Lipinski definition) is 1. The molecule has 2 rings (SSSR count). The number of sulfonamides is 1. The molecule has 0 bridgehead atoms. The number of nitrogens with one attached hydrogen (secondary N) is 1. The Morgan fingerprint density at radius 1 is 1.29 bits per heavy atom. The highest BCUT2D eigenvalue weighted by Crippen LogP contribution is 2.21. The summed E-state index contributed by atoms with van der Waals surface area (Å²) in [5, 5.41) is 2.10. The molecule has 0 aliphatic carbocycles. The molecular weight excluding hydrogens is 310 g/mol. The third kappa shape index (κ3) is 3.59. The summed E-state index contributed by atoms with van der Waals surface area (Å²) in [5.41, 5.74) is 1.39. The summed E-state index contributed by atoms with van der Waals surface area (Å²) < 4.78 is 26.8. The van der Waals surface area contributed by atoms with E-state index in [1.54, 1.807) is 31.5 Å². The first kappa shape index (κ1) is 15.5. The van der Waals surface area contributed by atoms with Crippen molar-refractivity contribution in [3.63, 3.8) is 0 Å². The fourth-order valence-electron chi connectivity index (χ4n) is 1.61. The zero-order chi connectivity index (χ0) is 15.6. The van der Waals surface area contributed by atoms with Gasteiger partial charge in [0.05, 0.1) is 10.6 Å². The fraction of sp³-hybridized carbons (Fsp3) is 0.231.